The van der Waals surface area contributed by atoms with E-state index in [0.29, 0.717) is 46.9 Å². The number of aromatic nitrogens is 8. The summed E-state index contributed by atoms with van der Waals surface area (Å²) in [5, 5.41) is 4.54. The number of nitrogens with one attached hydrogen (secondary N) is 4. The second-order valence-corrected chi connectivity index (χ2v) is 24.6. The number of methoxy groups -OCH3 is 3. The van der Waals surface area contributed by atoms with E-state index in [9.17, 15) is 26.4 Å². The van der Waals surface area contributed by atoms with Crippen LogP contribution in [-0.2, 0) is 67.5 Å². The molecule has 0 bridgehead atoms. The Morgan fingerprint density at radius 1 is 0.731 bits per heavy atom. The van der Waals surface area contributed by atoms with E-state index in [1.54, 1.807) is 49.1 Å². The Morgan fingerprint density at radius 2 is 1.31 bits per heavy atom. The number of sulfonamides is 2. The summed E-state index contributed by atoms with van der Waals surface area (Å²) in [6.07, 6.45) is -0.313. The predicted molar refractivity (Wildman–Crippen MR) is 273 cm³/mol. The minimum atomic E-state index is -4.07. The van der Waals surface area contributed by atoms with E-state index < -0.39 is 115 Å². The molecule has 6 fully saturated rings. The van der Waals surface area contributed by atoms with Crippen LogP contribution in [0.4, 0.5) is 17.3 Å². The predicted octanol–water partition coefficient (Wildman–Crippen LogP) is -0.173. The van der Waals surface area contributed by atoms with Crippen molar-refractivity contribution in [2.45, 2.75) is 130 Å². The zero-order valence-corrected chi connectivity index (χ0v) is 45.1. The van der Waals surface area contributed by atoms with Crippen molar-refractivity contribution in [1.29, 1.82) is 0 Å². The average Bonchev–Trinajstić information content (AvgIpc) is 4.43. The summed E-state index contributed by atoms with van der Waals surface area (Å²) < 4.78 is 119. The Kier molecular flexibility index (Phi) is 14.5. The fraction of sp³-hybridized carbons (Fsp3) is 0.617. The van der Waals surface area contributed by atoms with Gasteiger partial charge in [-0.25, -0.2) is 61.0 Å². The summed E-state index contributed by atoms with van der Waals surface area (Å²) in [6, 6.07) is 5.54. The zero-order valence-electron chi connectivity index (χ0n) is 43.5. The molecule has 6 saturated heterocycles. The summed E-state index contributed by atoms with van der Waals surface area (Å²) in [7, 11) is -3.89. The van der Waals surface area contributed by atoms with Crippen molar-refractivity contribution in [2.75, 3.05) is 70.0 Å². The molecule has 5 aromatic rings. The van der Waals surface area contributed by atoms with Gasteiger partial charge in [-0.05, 0) is 77.3 Å². The van der Waals surface area contributed by atoms with Gasteiger partial charge in [0.15, 0.2) is 52.5 Å². The third kappa shape index (κ3) is 10.2. The molecule has 6 aliphatic heterocycles. The van der Waals surface area contributed by atoms with E-state index in [-0.39, 0.29) is 51.3 Å². The summed E-state index contributed by atoms with van der Waals surface area (Å²) >= 11 is 0. The van der Waals surface area contributed by atoms with Crippen LogP contribution in [0, 0.1) is 0 Å². The first kappa shape index (κ1) is 54.0. The number of hydrogen-bond acceptors (Lipinski definition) is 25. The number of fused-ring (bicyclic) bond motifs is 4. The van der Waals surface area contributed by atoms with Gasteiger partial charge in [0.1, 0.15) is 72.6 Å². The maximum atomic E-state index is 14.2. The Morgan fingerprint density at radius 3 is 1.96 bits per heavy atom. The molecule has 31 heteroatoms. The van der Waals surface area contributed by atoms with E-state index in [0.717, 1.165) is 5.69 Å². The molecule has 0 amide bonds. The van der Waals surface area contributed by atoms with Gasteiger partial charge in [0.05, 0.1) is 51.0 Å². The molecule has 13 atom stereocenters. The van der Waals surface area contributed by atoms with Crippen molar-refractivity contribution in [1.82, 2.24) is 53.8 Å². The van der Waals surface area contributed by atoms with E-state index in [4.69, 9.17) is 48.4 Å². The number of nitrogen functional groups attached to an aromatic ring is 1. The molecule has 6 aliphatic rings. The molecule has 11 rings (SSSR count). The van der Waals surface area contributed by atoms with Gasteiger partial charge in [-0.1, -0.05) is 0 Å². The highest BCUT2D eigenvalue weighted by Crippen LogP contribution is 2.46. The second-order valence-electron chi connectivity index (χ2n) is 20.5. The Bertz CT molecular complexity index is 3280. The van der Waals surface area contributed by atoms with Gasteiger partial charge in [0, 0.05) is 25.3 Å². The Balaban J connectivity index is 0.791. The summed E-state index contributed by atoms with van der Waals surface area (Å²) in [6.45, 7) is 5.48. The fourth-order valence-corrected chi connectivity index (χ4v) is 14.3. The van der Waals surface area contributed by atoms with Crippen LogP contribution in [0.25, 0.3) is 22.3 Å². The molecule has 1 aromatic carbocycles. The number of nitrogens with zero attached hydrogens (tertiary/aromatic N) is 9. The molecular formula is C47H62N14O15S2. The van der Waals surface area contributed by atoms with Crippen molar-refractivity contribution in [3.05, 3.63) is 49.6 Å². The standard InChI is InChI=1S/C47H62N14O15S2/c1-46(2)73-34-30(17-57-77(64,65)26-11-13-49-28(15-26)44(62)69-5)71-42(36(34)74-46)61-23-56-33-39(52-21-54-41(33)61)50-19-47(3)75-35-31(72-43(37(35)76-47)60-22-55-32-38(48)51-20-53-40(32)60)18-58-78(66,67)27-12-14-59(29(16-27)45(63)70-6)24-7-9-25(68-4)10-8-24/h7-10,20-23,26-31,34-37,42-43,49,57-58H,11-19H2,1-6H3,(H2,48,51,53)(H,50,52,54)/t26?,27?,28?,29?,30-,31-,34?,35?,36?,37?,42-,43-,47?/m1/s1. The lowest BCUT2D eigenvalue weighted by Gasteiger charge is -2.39. The van der Waals surface area contributed by atoms with Crippen molar-refractivity contribution < 1.29 is 69.1 Å². The van der Waals surface area contributed by atoms with Crippen LogP contribution in [0.3, 0.4) is 0 Å². The van der Waals surface area contributed by atoms with Gasteiger partial charge in [0.25, 0.3) is 0 Å². The number of hydrogen-bond donors (Lipinski definition) is 5. The fourth-order valence-electron chi connectivity index (χ4n) is 11.3. The summed E-state index contributed by atoms with van der Waals surface area (Å²) in [5.41, 5.74) is 8.29. The summed E-state index contributed by atoms with van der Waals surface area (Å²) in [4.78, 5) is 53.9. The maximum absolute atomic E-state index is 14.2. The monoisotopic (exact) mass is 1130 g/mol. The van der Waals surface area contributed by atoms with Crippen LogP contribution < -0.4 is 35.4 Å². The first-order valence-corrected chi connectivity index (χ1v) is 28.5. The van der Waals surface area contributed by atoms with Crippen molar-refractivity contribution in [3.8, 4) is 5.75 Å². The maximum Gasteiger partial charge on any atom is 0.328 e. The van der Waals surface area contributed by atoms with Crippen LogP contribution in [0.5, 0.6) is 5.75 Å². The number of imidazole rings is 2. The number of rotatable bonds is 17. The van der Waals surface area contributed by atoms with Crippen LogP contribution in [0.15, 0.2) is 49.6 Å². The minimum Gasteiger partial charge on any atom is -0.497 e. The van der Waals surface area contributed by atoms with E-state index >= 15 is 0 Å². The third-order valence-electron chi connectivity index (χ3n) is 15.2. The van der Waals surface area contributed by atoms with Crippen molar-refractivity contribution in [2.24, 2.45) is 0 Å². The lowest BCUT2D eigenvalue weighted by Crippen LogP contribution is -2.53. The molecule has 6 N–H and O–H groups in total. The lowest BCUT2D eigenvalue weighted by molar-refractivity contribution is -0.197. The van der Waals surface area contributed by atoms with Crippen LogP contribution in [0.1, 0.15) is 58.9 Å². The molecular weight excluding hydrogens is 1060 g/mol. The van der Waals surface area contributed by atoms with Gasteiger partial charge in [0.2, 0.25) is 20.0 Å². The molecule has 9 unspecified atom stereocenters. The number of carbonyl (C=O) groups is 2. The normalized spacial score (nSPS) is 31.8. The van der Waals surface area contributed by atoms with Gasteiger partial charge < -0.3 is 63.9 Å². The number of esters is 2. The van der Waals surface area contributed by atoms with Crippen LogP contribution >= 0.6 is 0 Å². The summed E-state index contributed by atoms with van der Waals surface area (Å²) in [5.74, 6) is -2.40. The molecule has 0 radical (unpaired) electrons. The van der Waals surface area contributed by atoms with E-state index in [2.05, 4.69) is 50.0 Å². The number of ether oxygens (including phenoxy) is 9. The Hall–Kier alpha value is -6.00. The molecule has 10 heterocycles. The highest BCUT2D eigenvalue weighted by molar-refractivity contribution is 7.90. The molecule has 4 aromatic heterocycles. The topological polar surface area (TPSA) is 350 Å². The second kappa shape index (κ2) is 20.9. The van der Waals surface area contributed by atoms with Gasteiger partial charge in [-0.2, -0.15) is 0 Å². The zero-order chi connectivity index (χ0) is 54.9. The van der Waals surface area contributed by atoms with E-state index in [1.807, 2.05) is 17.0 Å². The number of piperidine rings is 2. The van der Waals surface area contributed by atoms with Gasteiger partial charge in [-0.15, -0.1) is 0 Å². The van der Waals surface area contributed by atoms with Crippen LogP contribution in [0.2, 0.25) is 0 Å². The average molecular weight is 1130 g/mol. The lowest BCUT2D eigenvalue weighted by atomic mass is 10.0. The first-order chi connectivity index (χ1) is 37.3. The van der Waals surface area contributed by atoms with Crippen molar-refractivity contribution >= 4 is 71.6 Å². The molecule has 0 saturated carbocycles. The van der Waals surface area contributed by atoms with Crippen molar-refractivity contribution in [3.63, 3.8) is 0 Å². The molecule has 0 aliphatic carbocycles. The quantitative estimate of drug-likeness (QED) is 0.0755. The third-order valence-corrected chi connectivity index (χ3v) is 18.9. The van der Waals surface area contributed by atoms with Gasteiger partial charge in [-0.3, -0.25) is 13.9 Å². The molecule has 29 nitrogen and oxygen atoms in total. The molecule has 422 valence electrons. The Labute approximate surface area is 448 Å². The molecule has 78 heavy (non-hydrogen) atoms. The molecule has 0 spiro atoms. The number of carbonyl (C=O) groups excluding carboxylic acids is 2. The number of nitrogens with two attached hydrogens (primary N) is 1. The largest absolute Gasteiger partial charge is 0.497 e. The minimum absolute atomic E-state index is 0.00103. The highest BCUT2D eigenvalue weighted by Gasteiger charge is 2.59. The number of benzene rings is 1. The number of anilines is 3. The van der Waals surface area contributed by atoms with Crippen LogP contribution in [-0.4, -0.2) is 193 Å². The highest BCUT2D eigenvalue weighted by atomic mass is 32.2. The van der Waals surface area contributed by atoms with Gasteiger partial charge >= 0.3 is 11.9 Å². The SMILES string of the molecule is COC(=O)C1CC(S(=O)(=O)NC[C@H]2O[C@@H](n3cnc4c(NCC5(C)OC6C(O5)[C@@H](CNS(=O)(=O)C5CCN(c7ccc(OC)cc7)C(C(=O)OC)C5)O[C@H]6n5cnc6c(N)ncnc65)ncnc43)C3OC(C)(C)OC32)CCN1. The smallest absolute Gasteiger partial charge is 0.328 e. The van der Waals surface area contributed by atoms with E-state index in [1.165, 1.54) is 39.5 Å². The first-order valence-electron chi connectivity index (χ1n) is 25.4.